The summed E-state index contributed by atoms with van der Waals surface area (Å²) in [7, 11) is 0. The fourth-order valence-corrected chi connectivity index (χ4v) is 5.95. The van der Waals surface area contributed by atoms with E-state index < -0.39 is 0 Å². The lowest BCUT2D eigenvalue weighted by Gasteiger charge is -2.42. The lowest BCUT2D eigenvalue weighted by Crippen LogP contribution is -2.30. The van der Waals surface area contributed by atoms with Gasteiger partial charge in [-0.3, -0.25) is 0 Å². The Morgan fingerprint density at radius 2 is 1.30 bits per heavy atom. The Bertz CT molecular complexity index is 1830. The minimum atomic E-state index is -0.125. The molecule has 2 heterocycles. The maximum absolute atomic E-state index is 10.00. The maximum atomic E-state index is 10.00. The molecule has 6 aromatic rings. The molecule has 0 spiro atoms. The van der Waals surface area contributed by atoms with Crippen molar-refractivity contribution in [3.63, 3.8) is 0 Å². The summed E-state index contributed by atoms with van der Waals surface area (Å²) in [6.45, 7) is 4.57. The average molecular weight is 476 g/mol. The molecule has 5 aromatic carbocycles. The molecule has 0 unspecified atom stereocenters. The van der Waals surface area contributed by atoms with Gasteiger partial charge in [0.1, 0.15) is 0 Å². The summed E-state index contributed by atoms with van der Waals surface area (Å²) < 4.78 is 0. The van der Waals surface area contributed by atoms with Gasteiger partial charge in [0, 0.05) is 32.9 Å². The quantitative estimate of drug-likeness (QED) is 0.271. The number of aromatic nitrogens is 1. The summed E-state index contributed by atoms with van der Waals surface area (Å²) in [5.41, 5.74) is 10.7. The molecule has 0 saturated carbocycles. The van der Waals surface area contributed by atoms with Gasteiger partial charge in [-0.25, -0.2) is 0 Å². The van der Waals surface area contributed by atoms with E-state index in [1.807, 2.05) is 12.1 Å². The van der Waals surface area contributed by atoms with E-state index in [1.165, 1.54) is 21.9 Å². The lowest BCUT2D eigenvalue weighted by molar-refractivity contribution is 0.632. The summed E-state index contributed by atoms with van der Waals surface area (Å²) in [6.07, 6.45) is 0. The van der Waals surface area contributed by atoms with Gasteiger partial charge in [-0.15, -0.1) is 0 Å². The highest BCUT2D eigenvalue weighted by molar-refractivity contribution is 6.08. The summed E-state index contributed by atoms with van der Waals surface area (Å²) in [5.74, 6) is 0. The number of aromatic amines is 1. The minimum Gasteiger partial charge on any atom is -0.354 e. The van der Waals surface area contributed by atoms with Crippen LogP contribution in [-0.4, -0.2) is 4.98 Å². The van der Waals surface area contributed by atoms with E-state index in [0.29, 0.717) is 5.56 Å². The molecule has 3 nitrogen and oxygen atoms in total. The molecule has 1 aliphatic rings. The van der Waals surface area contributed by atoms with Crippen LogP contribution < -0.4 is 4.90 Å². The zero-order valence-electron chi connectivity index (χ0n) is 20.8. The van der Waals surface area contributed by atoms with Crippen LogP contribution in [0.3, 0.4) is 0 Å². The van der Waals surface area contributed by atoms with Crippen molar-refractivity contribution in [1.82, 2.24) is 4.98 Å². The fourth-order valence-electron chi connectivity index (χ4n) is 5.95. The van der Waals surface area contributed by atoms with Gasteiger partial charge in [0.05, 0.1) is 23.0 Å². The Morgan fingerprint density at radius 1 is 0.649 bits per heavy atom. The van der Waals surface area contributed by atoms with E-state index in [2.05, 4.69) is 127 Å². The van der Waals surface area contributed by atoms with Gasteiger partial charge in [0.25, 0.3) is 0 Å². The SMILES string of the molecule is CC1(C)c2ccccc2N(c2cc(C#N)cc(-c3ccc4c(c3)[nH]c3ccccc34)c2)c2ccccc21. The van der Waals surface area contributed by atoms with Gasteiger partial charge in [-0.2, -0.15) is 5.26 Å². The number of benzene rings is 5. The largest absolute Gasteiger partial charge is 0.354 e. The van der Waals surface area contributed by atoms with E-state index in [4.69, 9.17) is 0 Å². The van der Waals surface area contributed by atoms with Crippen molar-refractivity contribution in [3.05, 3.63) is 126 Å². The number of nitriles is 1. The Balaban J connectivity index is 1.44. The molecule has 0 amide bonds. The number of H-pyrrole nitrogens is 1. The van der Waals surface area contributed by atoms with E-state index in [-0.39, 0.29) is 5.41 Å². The second-order valence-corrected chi connectivity index (χ2v) is 10.3. The van der Waals surface area contributed by atoms with Crippen LogP contribution in [-0.2, 0) is 5.41 Å². The van der Waals surface area contributed by atoms with Crippen molar-refractivity contribution in [2.24, 2.45) is 0 Å². The van der Waals surface area contributed by atoms with E-state index in [0.717, 1.165) is 39.2 Å². The first kappa shape index (κ1) is 21.5. The standard InChI is InChI=1S/C34H25N3/c1-34(2)28-10-4-7-13-32(28)37(33-14-8-5-11-29(33)34)25-18-22(21-35)17-24(19-25)23-15-16-27-26-9-3-6-12-30(26)36-31(27)20-23/h3-20,36H,1-2H3. The highest BCUT2D eigenvalue weighted by Gasteiger charge is 2.36. The normalized spacial score (nSPS) is 13.8. The number of fused-ring (bicyclic) bond motifs is 5. The molecule has 1 N–H and O–H groups in total. The number of rotatable bonds is 2. The number of nitrogens with one attached hydrogen (secondary N) is 1. The molecule has 3 heteroatoms. The van der Waals surface area contributed by atoms with Gasteiger partial charge in [-0.1, -0.05) is 80.6 Å². The first-order valence-corrected chi connectivity index (χ1v) is 12.6. The zero-order valence-corrected chi connectivity index (χ0v) is 20.8. The van der Waals surface area contributed by atoms with Crippen molar-refractivity contribution < 1.29 is 0 Å². The predicted molar refractivity (Wildman–Crippen MR) is 153 cm³/mol. The van der Waals surface area contributed by atoms with Crippen LogP contribution in [0.5, 0.6) is 0 Å². The first-order valence-electron chi connectivity index (χ1n) is 12.6. The molecule has 37 heavy (non-hydrogen) atoms. The summed E-state index contributed by atoms with van der Waals surface area (Å²) in [4.78, 5) is 5.86. The highest BCUT2D eigenvalue weighted by atomic mass is 15.2. The molecule has 176 valence electrons. The molecular weight excluding hydrogens is 450 g/mol. The van der Waals surface area contributed by atoms with Crippen molar-refractivity contribution in [1.29, 1.82) is 5.26 Å². The molecule has 0 fully saturated rings. The predicted octanol–water partition coefficient (Wildman–Crippen LogP) is 8.97. The third kappa shape index (κ3) is 3.20. The van der Waals surface area contributed by atoms with Crippen LogP contribution in [0.15, 0.2) is 109 Å². The van der Waals surface area contributed by atoms with Crippen LogP contribution in [0.1, 0.15) is 30.5 Å². The lowest BCUT2D eigenvalue weighted by atomic mass is 9.73. The van der Waals surface area contributed by atoms with Crippen molar-refractivity contribution in [2.75, 3.05) is 4.90 Å². The van der Waals surface area contributed by atoms with E-state index in [1.54, 1.807) is 0 Å². The molecule has 0 saturated heterocycles. The number of para-hydroxylation sites is 3. The maximum Gasteiger partial charge on any atom is 0.0992 e. The molecule has 1 aliphatic heterocycles. The van der Waals surface area contributed by atoms with Crippen LogP contribution in [0.25, 0.3) is 32.9 Å². The van der Waals surface area contributed by atoms with Gasteiger partial charge < -0.3 is 9.88 Å². The van der Waals surface area contributed by atoms with Crippen molar-refractivity contribution in [2.45, 2.75) is 19.3 Å². The molecule has 1 aromatic heterocycles. The number of anilines is 3. The van der Waals surface area contributed by atoms with E-state index in [9.17, 15) is 5.26 Å². The summed E-state index contributed by atoms with van der Waals surface area (Å²) >= 11 is 0. The van der Waals surface area contributed by atoms with Crippen molar-refractivity contribution in [3.8, 4) is 17.2 Å². The average Bonchev–Trinajstić information content (AvgIpc) is 3.31. The first-order chi connectivity index (χ1) is 18.0. The number of hydrogen-bond donors (Lipinski definition) is 1. The fraction of sp³-hybridized carbons (Fsp3) is 0.0882. The van der Waals surface area contributed by atoms with Crippen LogP contribution >= 0.6 is 0 Å². The number of nitrogens with zero attached hydrogens (tertiary/aromatic N) is 2. The Morgan fingerprint density at radius 3 is 2.03 bits per heavy atom. The molecule has 0 aliphatic carbocycles. The smallest absolute Gasteiger partial charge is 0.0992 e. The molecular formula is C34H25N3. The van der Waals surface area contributed by atoms with E-state index >= 15 is 0 Å². The third-order valence-electron chi connectivity index (χ3n) is 7.78. The zero-order chi connectivity index (χ0) is 25.1. The Hall–Kier alpha value is -4.81. The molecule has 0 bridgehead atoms. The molecule has 0 atom stereocenters. The Labute approximate surface area is 216 Å². The van der Waals surface area contributed by atoms with Gasteiger partial charge in [0.2, 0.25) is 0 Å². The summed E-state index contributed by atoms with van der Waals surface area (Å²) in [5, 5.41) is 12.4. The van der Waals surface area contributed by atoms with Gasteiger partial charge in [0.15, 0.2) is 0 Å². The third-order valence-corrected chi connectivity index (χ3v) is 7.78. The number of hydrogen-bond acceptors (Lipinski definition) is 2. The van der Waals surface area contributed by atoms with Crippen molar-refractivity contribution >= 4 is 38.9 Å². The van der Waals surface area contributed by atoms with Crippen LogP contribution in [0.2, 0.25) is 0 Å². The topological polar surface area (TPSA) is 42.8 Å². The Kier molecular flexibility index (Phi) is 4.55. The van der Waals surface area contributed by atoms with Crippen LogP contribution in [0.4, 0.5) is 17.1 Å². The monoisotopic (exact) mass is 475 g/mol. The van der Waals surface area contributed by atoms with Gasteiger partial charge in [-0.05, 0) is 64.7 Å². The summed E-state index contributed by atoms with van der Waals surface area (Å²) in [6, 6.07) is 40.7. The van der Waals surface area contributed by atoms with Gasteiger partial charge >= 0.3 is 0 Å². The minimum absolute atomic E-state index is 0.125. The highest BCUT2D eigenvalue weighted by Crippen LogP contribution is 2.52. The second kappa shape index (κ2) is 7.85. The second-order valence-electron chi connectivity index (χ2n) is 10.3. The molecule has 0 radical (unpaired) electrons. The van der Waals surface area contributed by atoms with Crippen LogP contribution in [0, 0.1) is 11.3 Å². The molecule has 7 rings (SSSR count).